The first-order valence-corrected chi connectivity index (χ1v) is 8.34. The highest BCUT2D eigenvalue weighted by atomic mass is 79.9. The molecule has 0 aliphatic carbocycles. The highest BCUT2D eigenvalue weighted by Gasteiger charge is 2.16. The van der Waals surface area contributed by atoms with E-state index < -0.39 is 0 Å². The van der Waals surface area contributed by atoms with Crippen LogP contribution in [0.1, 0.15) is 15.9 Å². The molecule has 1 amide bonds. The van der Waals surface area contributed by atoms with E-state index >= 15 is 0 Å². The summed E-state index contributed by atoms with van der Waals surface area (Å²) in [6.45, 7) is 0. The van der Waals surface area contributed by atoms with Crippen LogP contribution in [0.4, 0.5) is 0 Å². The number of carbonyl (C=O) groups is 1. The van der Waals surface area contributed by atoms with E-state index in [0.717, 1.165) is 6.42 Å². The minimum Gasteiger partial charge on any atom is -0.348 e. The highest BCUT2D eigenvalue weighted by molar-refractivity contribution is 9.09. The second-order valence-electron chi connectivity index (χ2n) is 4.62. The van der Waals surface area contributed by atoms with E-state index in [2.05, 4.69) is 21.2 Å². The summed E-state index contributed by atoms with van der Waals surface area (Å²) in [5, 5.41) is 4.29. The van der Waals surface area contributed by atoms with Crippen molar-refractivity contribution in [2.75, 3.05) is 5.33 Å². The Morgan fingerprint density at radius 3 is 2.48 bits per heavy atom. The molecule has 0 aliphatic heterocycles. The Kier molecular flexibility index (Phi) is 6.09. The molecule has 0 saturated heterocycles. The summed E-state index contributed by atoms with van der Waals surface area (Å²) in [5.74, 6) is -0.220. The lowest BCUT2D eigenvalue weighted by Gasteiger charge is -2.17. The molecule has 0 radical (unpaired) electrons. The first-order chi connectivity index (χ1) is 10.1. The van der Waals surface area contributed by atoms with Crippen molar-refractivity contribution in [3.05, 3.63) is 69.7 Å². The molecule has 1 atom stereocenters. The maximum atomic E-state index is 12.3. The van der Waals surface area contributed by atoms with E-state index in [0.29, 0.717) is 15.9 Å². The summed E-state index contributed by atoms with van der Waals surface area (Å²) in [6, 6.07) is 15.0. The smallest absolute Gasteiger partial charge is 0.253 e. The second-order valence-corrected chi connectivity index (χ2v) is 6.05. The first-order valence-electron chi connectivity index (χ1n) is 6.46. The van der Waals surface area contributed by atoms with Crippen LogP contribution in [0.15, 0.2) is 48.5 Å². The summed E-state index contributed by atoms with van der Waals surface area (Å²) >= 11 is 15.4. The van der Waals surface area contributed by atoms with E-state index in [1.165, 1.54) is 5.56 Å². The summed E-state index contributed by atoms with van der Waals surface area (Å²) in [7, 11) is 0. The maximum absolute atomic E-state index is 12.3. The zero-order valence-electron chi connectivity index (χ0n) is 11.2. The molecule has 5 heteroatoms. The molecule has 0 fully saturated rings. The Morgan fingerprint density at radius 1 is 1.10 bits per heavy atom. The van der Waals surface area contributed by atoms with Gasteiger partial charge in [-0.1, -0.05) is 75.5 Å². The average Bonchev–Trinajstić information content (AvgIpc) is 2.50. The molecule has 0 bridgehead atoms. The van der Waals surface area contributed by atoms with E-state index in [4.69, 9.17) is 23.2 Å². The molecule has 1 unspecified atom stereocenters. The molecule has 2 aromatic rings. The van der Waals surface area contributed by atoms with Crippen molar-refractivity contribution >= 4 is 45.0 Å². The van der Waals surface area contributed by atoms with E-state index in [1.807, 2.05) is 30.3 Å². The molecule has 2 aromatic carbocycles. The third kappa shape index (κ3) is 4.47. The van der Waals surface area contributed by atoms with Gasteiger partial charge in [0, 0.05) is 11.4 Å². The van der Waals surface area contributed by atoms with Crippen LogP contribution in [0.2, 0.25) is 10.0 Å². The van der Waals surface area contributed by atoms with E-state index in [-0.39, 0.29) is 17.0 Å². The van der Waals surface area contributed by atoms with Gasteiger partial charge in [-0.2, -0.15) is 0 Å². The molecule has 2 nitrogen and oxygen atoms in total. The third-order valence-corrected chi connectivity index (χ3v) is 4.64. The number of benzene rings is 2. The van der Waals surface area contributed by atoms with Crippen molar-refractivity contribution in [1.29, 1.82) is 0 Å². The summed E-state index contributed by atoms with van der Waals surface area (Å²) in [4.78, 5) is 12.3. The SMILES string of the molecule is O=C(NC(CBr)Cc1ccccc1)c1cccc(Cl)c1Cl. The first kappa shape index (κ1) is 16.3. The Bertz CT molecular complexity index is 619. The molecule has 0 spiro atoms. The minimum atomic E-state index is -0.220. The fraction of sp³-hybridized carbons (Fsp3) is 0.188. The fourth-order valence-corrected chi connectivity index (χ4v) is 2.76. The van der Waals surface area contributed by atoms with Gasteiger partial charge in [-0.05, 0) is 24.1 Å². The molecular weight excluding hydrogens is 373 g/mol. The number of carbonyl (C=O) groups excluding carboxylic acids is 1. The second kappa shape index (κ2) is 7.83. The number of rotatable bonds is 5. The lowest BCUT2D eigenvalue weighted by atomic mass is 10.1. The zero-order chi connectivity index (χ0) is 15.2. The van der Waals surface area contributed by atoms with Gasteiger partial charge < -0.3 is 5.32 Å². The summed E-state index contributed by atoms with van der Waals surface area (Å²) < 4.78 is 0. The van der Waals surface area contributed by atoms with E-state index in [1.54, 1.807) is 18.2 Å². The van der Waals surface area contributed by atoms with Gasteiger partial charge in [0.2, 0.25) is 0 Å². The van der Waals surface area contributed by atoms with Gasteiger partial charge in [0.15, 0.2) is 0 Å². The molecule has 0 aromatic heterocycles. The number of hydrogen-bond donors (Lipinski definition) is 1. The van der Waals surface area contributed by atoms with Crippen molar-refractivity contribution < 1.29 is 4.79 Å². The van der Waals surface area contributed by atoms with Crippen LogP contribution in [0, 0.1) is 0 Å². The lowest BCUT2D eigenvalue weighted by Crippen LogP contribution is -2.37. The van der Waals surface area contributed by atoms with Crippen molar-refractivity contribution in [3.63, 3.8) is 0 Å². The monoisotopic (exact) mass is 385 g/mol. The molecule has 21 heavy (non-hydrogen) atoms. The molecule has 0 saturated carbocycles. The van der Waals surface area contributed by atoms with Crippen molar-refractivity contribution in [2.24, 2.45) is 0 Å². The lowest BCUT2D eigenvalue weighted by molar-refractivity contribution is 0.0941. The van der Waals surface area contributed by atoms with Crippen LogP contribution in [-0.4, -0.2) is 17.3 Å². The van der Waals surface area contributed by atoms with Gasteiger partial charge in [0.1, 0.15) is 0 Å². The molecule has 0 aliphatic rings. The van der Waals surface area contributed by atoms with Crippen LogP contribution >= 0.6 is 39.1 Å². The summed E-state index contributed by atoms with van der Waals surface area (Å²) in [5.41, 5.74) is 1.56. The van der Waals surface area contributed by atoms with Crippen molar-refractivity contribution in [2.45, 2.75) is 12.5 Å². The average molecular weight is 387 g/mol. The van der Waals surface area contributed by atoms with Gasteiger partial charge in [-0.25, -0.2) is 0 Å². The van der Waals surface area contributed by atoms with Crippen molar-refractivity contribution in [3.8, 4) is 0 Å². The highest BCUT2D eigenvalue weighted by Crippen LogP contribution is 2.25. The molecule has 1 N–H and O–H groups in total. The normalized spacial score (nSPS) is 12.0. The van der Waals surface area contributed by atoms with Crippen LogP contribution in [0.3, 0.4) is 0 Å². The third-order valence-electron chi connectivity index (χ3n) is 3.04. The molecule has 110 valence electrons. The van der Waals surface area contributed by atoms with Gasteiger partial charge in [0.25, 0.3) is 5.91 Å². The van der Waals surface area contributed by atoms with Gasteiger partial charge >= 0.3 is 0 Å². The zero-order valence-corrected chi connectivity index (χ0v) is 14.3. The molecular formula is C16H14BrCl2NO. The Balaban J connectivity index is 2.08. The molecule has 2 rings (SSSR count). The van der Waals surface area contributed by atoms with Crippen LogP contribution < -0.4 is 5.32 Å². The Morgan fingerprint density at radius 2 is 1.81 bits per heavy atom. The minimum absolute atomic E-state index is 0.0186. The van der Waals surface area contributed by atoms with Gasteiger partial charge in [0.05, 0.1) is 15.6 Å². The number of amides is 1. The number of alkyl halides is 1. The van der Waals surface area contributed by atoms with Crippen LogP contribution in [-0.2, 0) is 6.42 Å². The number of hydrogen-bond acceptors (Lipinski definition) is 1. The van der Waals surface area contributed by atoms with E-state index in [9.17, 15) is 4.79 Å². The molecule has 0 heterocycles. The number of nitrogens with one attached hydrogen (secondary N) is 1. The fourth-order valence-electron chi connectivity index (χ4n) is 1.99. The predicted octanol–water partition coefficient (Wildman–Crippen LogP) is 4.73. The predicted molar refractivity (Wildman–Crippen MR) is 91.7 cm³/mol. The quantitative estimate of drug-likeness (QED) is 0.739. The van der Waals surface area contributed by atoms with Crippen molar-refractivity contribution in [1.82, 2.24) is 5.32 Å². The largest absolute Gasteiger partial charge is 0.348 e. The summed E-state index contributed by atoms with van der Waals surface area (Å²) in [6.07, 6.45) is 0.746. The van der Waals surface area contributed by atoms with Crippen LogP contribution in [0.25, 0.3) is 0 Å². The van der Waals surface area contributed by atoms with Crippen LogP contribution in [0.5, 0.6) is 0 Å². The standard InChI is InChI=1S/C16H14BrCl2NO/c17-10-12(9-11-5-2-1-3-6-11)20-16(21)13-7-4-8-14(18)15(13)19/h1-8,12H,9-10H2,(H,20,21). The van der Waals surface area contributed by atoms with Gasteiger partial charge in [-0.3, -0.25) is 4.79 Å². The maximum Gasteiger partial charge on any atom is 0.253 e. The van der Waals surface area contributed by atoms with Gasteiger partial charge in [-0.15, -0.1) is 0 Å². The number of halogens is 3. The Hall–Kier alpha value is -1.03. The Labute approximate surface area is 142 Å². The topological polar surface area (TPSA) is 29.1 Å².